The minimum atomic E-state index is -0.592. The zero-order valence-electron chi connectivity index (χ0n) is 15.9. The highest BCUT2D eigenvalue weighted by atomic mass is 16.6. The molecule has 0 aliphatic heterocycles. The molecule has 0 unspecified atom stereocenters. The van der Waals surface area contributed by atoms with Gasteiger partial charge in [-0.05, 0) is 48.3 Å². The lowest BCUT2D eigenvalue weighted by molar-refractivity contribution is -0.383. The van der Waals surface area contributed by atoms with E-state index in [1.54, 1.807) is 0 Å². The van der Waals surface area contributed by atoms with Crippen molar-refractivity contribution in [3.63, 3.8) is 0 Å². The Labute approximate surface area is 166 Å². The fourth-order valence-corrected chi connectivity index (χ4v) is 2.91. The number of hydrogen-bond donors (Lipinski definition) is 3. The van der Waals surface area contributed by atoms with Crippen molar-refractivity contribution < 1.29 is 14.3 Å². The predicted octanol–water partition coefficient (Wildman–Crippen LogP) is 2.28. The van der Waals surface area contributed by atoms with Crippen molar-refractivity contribution in [3.8, 4) is 0 Å². The van der Waals surface area contributed by atoms with Gasteiger partial charge in [-0.25, -0.2) is 4.63 Å². The van der Waals surface area contributed by atoms with Crippen molar-refractivity contribution in [1.82, 2.24) is 15.6 Å². The monoisotopic (exact) mass is 398 g/mol. The lowest BCUT2D eigenvalue weighted by atomic mass is 10.1. The van der Waals surface area contributed by atoms with Crippen molar-refractivity contribution in [2.75, 3.05) is 11.9 Å². The van der Waals surface area contributed by atoms with Crippen LogP contribution in [0.3, 0.4) is 0 Å². The molecule has 152 valence electrons. The van der Waals surface area contributed by atoms with Crippen LogP contribution in [0.5, 0.6) is 0 Å². The van der Waals surface area contributed by atoms with Crippen LogP contribution >= 0.6 is 0 Å². The molecule has 0 saturated heterocycles. The SMILES string of the molecule is Cc1ccc(CNC(=O)[C@H](CCCN)Nc2ccc([N+](=O)[O-])c3nonc23)cc1. The van der Waals surface area contributed by atoms with E-state index in [9.17, 15) is 14.9 Å². The summed E-state index contributed by atoms with van der Waals surface area (Å²) in [4.78, 5) is 23.3. The van der Waals surface area contributed by atoms with Crippen LogP contribution in [0.4, 0.5) is 11.4 Å². The van der Waals surface area contributed by atoms with Crippen LogP contribution in [0.1, 0.15) is 24.0 Å². The van der Waals surface area contributed by atoms with Crippen LogP contribution in [-0.4, -0.2) is 33.7 Å². The summed E-state index contributed by atoms with van der Waals surface area (Å²) in [6.45, 7) is 2.82. The molecule has 0 aliphatic rings. The molecule has 1 aromatic heterocycles. The predicted molar refractivity (Wildman–Crippen MR) is 107 cm³/mol. The first-order valence-corrected chi connectivity index (χ1v) is 9.19. The van der Waals surface area contributed by atoms with Gasteiger partial charge in [-0.3, -0.25) is 14.9 Å². The number of carbonyl (C=O) groups excluding carboxylic acids is 1. The average Bonchev–Trinajstić information content (AvgIpc) is 3.20. The van der Waals surface area contributed by atoms with Crippen LogP contribution in [0, 0.1) is 17.0 Å². The van der Waals surface area contributed by atoms with Crippen molar-refractivity contribution in [2.45, 2.75) is 32.4 Å². The maximum atomic E-state index is 12.8. The van der Waals surface area contributed by atoms with E-state index >= 15 is 0 Å². The fraction of sp³-hybridized carbons (Fsp3) is 0.316. The number of amides is 1. The largest absolute Gasteiger partial charge is 0.372 e. The molecule has 1 heterocycles. The molecule has 0 aliphatic carbocycles. The van der Waals surface area contributed by atoms with Gasteiger partial charge in [-0.15, -0.1) is 0 Å². The molecule has 0 fully saturated rings. The first kappa shape index (κ1) is 20.2. The molecule has 0 radical (unpaired) electrons. The second kappa shape index (κ2) is 9.11. The molecule has 2 aromatic carbocycles. The van der Waals surface area contributed by atoms with E-state index in [0.717, 1.165) is 11.1 Å². The first-order valence-electron chi connectivity index (χ1n) is 9.19. The van der Waals surface area contributed by atoms with Gasteiger partial charge in [0.2, 0.25) is 11.4 Å². The number of nitro benzene ring substituents is 1. The second-order valence-electron chi connectivity index (χ2n) is 6.68. The molecule has 1 atom stereocenters. The third kappa shape index (κ3) is 4.85. The molecule has 29 heavy (non-hydrogen) atoms. The van der Waals surface area contributed by atoms with Crippen LogP contribution in [0.25, 0.3) is 11.0 Å². The second-order valence-corrected chi connectivity index (χ2v) is 6.68. The lowest BCUT2D eigenvalue weighted by Gasteiger charge is -2.19. The molecule has 3 rings (SSSR count). The topological polar surface area (TPSA) is 149 Å². The number of fused-ring (bicyclic) bond motifs is 1. The molecule has 1 amide bonds. The van der Waals surface area contributed by atoms with Crippen LogP contribution in [-0.2, 0) is 11.3 Å². The summed E-state index contributed by atoms with van der Waals surface area (Å²) >= 11 is 0. The minimum Gasteiger partial charge on any atom is -0.372 e. The van der Waals surface area contributed by atoms with E-state index in [1.165, 1.54) is 12.1 Å². The zero-order chi connectivity index (χ0) is 20.8. The Hall–Kier alpha value is -3.53. The Morgan fingerprint density at radius 3 is 2.62 bits per heavy atom. The highest BCUT2D eigenvalue weighted by Gasteiger charge is 2.23. The number of aromatic nitrogens is 2. The van der Waals surface area contributed by atoms with Crippen molar-refractivity contribution in [3.05, 3.63) is 57.6 Å². The maximum absolute atomic E-state index is 12.8. The Morgan fingerprint density at radius 1 is 1.21 bits per heavy atom. The molecule has 10 nitrogen and oxygen atoms in total. The van der Waals surface area contributed by atoms with Gasteiger partial charge in [-0.1, -0.05) is 29.8 Å². The van der Waals surface area contributed by atoms with Gasteiger partial charge in [0, 0.05) is 12.6 Å². The lowest BCUT2D eigenvalue weighted by Crippen LogP contribution is -2.39. The van der Waals surface area contributed by atoms with Gasteiger partial charge >= 0.3 is 5.69 Å². The summed E-state index contributed by atoms with van der Waals surface area (Å²) < 4.78 is 4.67. The van der Waals surface area contributed by atoms with E-state index in [1.807, 2.05) is 31.2 Å². The van der Waals surface area contributed by atoms with Crippen molar-refractivity contribution in [2.24, 2.45) is 5.73 Å². The molecule has 0 saturated carbocycles. The van der Waals surface area contributed by atoms with Crippen LogP contribution in [0.2, 0.25) is 0 Å². The summed E-state index contributed by atoms with van der Waals surface area (Å²) in [7, 11) is 0. The molecule has 3 aromatic rings. The minimum absolute atomic E-state index is 0.0256. The number of nitrogens with two attached hydrogens (primary N) is 1. The van der Waals surface area contributed by atoms with Gasteiger partial charge in [0.25, 0.3) is 0 Å². The van der Waals surface area contributed by atoms with Crippen LogP contribution < -0.4 is 16.4 Å². The molecular formula is C19H22N6O4. The van der Waals surface area contributed by atoms with Gasteiger partial charge in [0.05, 0.1) is 10.6 Å². The smallest absolute Gasteiger partial charge is 0.300 e. The zero-order valence-corrected chi connectivity index (χ0v) is 15.9. The van der Waals surface area contributed by atoms with Gasteiger partial charge in [-0.2, -0.15) is 0 Å². The van der Waals surface area contributed by atoms with Gasteiger partial charge < -0.3 is 16.4 Å². The highest BCUT2D eigenvalue weighted by Crippen LogP contribution is 2.29. The first-order chi connectivity index (χ1) is 14.0. The number of non-ortho nitro benzene ring substituents is 1. The number of aryl methyl sites for hydroxylation is 1. The van der Waals surface area contributed by atoms with Gasteiger partial charge in [0.1, 0.15) is 6.04 Å². The number of hydrogen-bond acceptors (Lipinski definition) is 8. The normalized spacial score (nSPS) is 11.9. The van der Waals surface area contributed by atoms with E-state index in [4.69, 9.17) is 5.73 Å². The summed E-state index contributed by atoms with van der Waals surface area (Å²) in [5, 5.41) is 24.5. The Kier molecular flexibility index (Phi) is 6.35. The summed E-state index contributed by atoms with van der Waals surface area (Å²) in [6, 6.07) is 10.1. The van der Waals surface area contributed by atoms with Crippen molar-refractivity contribution >= 4 is 28.3 Å². The quantitative estimate of drug-likeness (QED) is 0.367. The van der Waals surface area contributed by atoms with E-state index in [-0.39, 0.29) is 22.6 Å². The van der Waals surface area contributed by atoms with E-state index in [0.29, 0.717) is 31.6 Å². The number of carbonyl (C=O) groups is 1. The van der Waals surface area contributed by atoms with Gasteiger partial charge in [0.15, 0.2) is 5.52 Å². The highest BCUT2D eigenvalue weighted by molar-refractivity contribution is 5.95. The molecule has 10 heteroatoms. The number of rotatable bonds is 9. The standard InChI is InChI=1S/C19H22N6O4/c1-12-4-6-13(7-5-12)11-21-19(26)15(3-2-10-20)22-14-8-9-16(25(27)28)18-17(14)23-29-24-18/h4-9,15,22H,2-3,10-11,20H2,1H3,(H,21,26)/t15-/m0/s1. The third-order valence-corrected chi connectivity index (χ3v) is 4.52. The van der Waals surface area contributed by atoms with E-state index < -0.39 is 11.0 Å². The molecular weight excluding hydrogens is 376 g/mol. The molecule has 4 N–H and O–H groups in total. The van der Waals surface area contributed by atoms with E-state index in [2.05, 4.69) is 25.6 Å². The number of anilines is 1. The number of nitrogens with zero attached hydrogens (tertiary/aromatic N) is 3. The van der Waals surface area contributed by atoms with Crippen molar-refractivity contribution in [1.29, 1.82) is 0 Å². The maximum Gasteiger partial charge on any atom is 0.300 e. The number of benzene rings is 2. The Balaban J connectivity index is 1.76. The number of nitrogens with one attached hydrogen (secondary N) is 2. The Bertz CT molecular complexity index is 1000. The third-order valence-electron chi connectivity index (χ3n) is 4.52. The summed E-state index contributed by atoms with van der Waals surface area (Å²) in [5.74, 6) is -0.206. The molecule has 0 spiro atoms. The summed E-state index contributed by atoms with van der Waals surface area (Å²) in [5.41, 5.74) is 8.17. The summed E-state index contributed by atoms with van der Waals surface area (Å²) in [6.07, 6.45) is 1.11. The number of nitro groups is 1. The Morgan fingerprint density at radius 2 is 1.93 bits per heavy atom. The van der Waals surface area contributed by atoms with Crippen LogP contribution in [0.15, 0.2) is 41.0 Å². The fourth-order valence-electron chi connectivity index (χ4n) is 2.91. The average molecular weight is 398 g/mol. The molecule has 0 bridgehead atoms.